The van der Waals surface area contributed by atoms with E-state index in [4.69, 9.17) is 9.26 Å². The van der Waals surface area contributed by atoms with Gasteiger partial charge in [-0.3, -0.25) is 4.79 Å². The lowest BCUT2D eigenvalue weighted by molar-refractivity contribution is -0.114. The first-order valence-corrected chi connectivity index (χ1v) is 12.6. The van der Waals surface area contributed by atoms with Crippen LogP contribution < -0.4 is 15.0 Å². The number of carbonyl (C=O) groups excluding carboxylic acids is 1. The molecule has 1 saturated heterocycles. The molecule has 1 aliphatic heterocycles. The number of hydrogen-bond donors (Lipinski definition) is 1. The van der Waals surface area contributed by atoms with E-state index in [2.05, 4.69) is 15.4 Å². The number of ether oxygens (including phenoxy) is 1. The smallest absolute Gasteiger partial charge is 0.243 e. The number of carbonyl (C=O) groups is 1. The van der Waals surface area contributed by atoms with Crippen LogP contribution in [0.3, 0.4) is 0 Å². The Bertz CT molecular complexity index is 1310. The van der Waals surface area contributed by atoms with Crippen molar-refractivity contribution in [3.05, 3.63) is 65.5 Å². The van der Waals surface area contributed by atoms with Gasteiger partial charge in [0, 0.05) is 38.8 Å². The van der Waals surface area contributed by atoms with Crippen LogP contribution in [0.1, 0.15) is 23.9 Å². The summed E-state index contributed by atoms with van der Waals surface area (Å²) in [6.45, 7) is 5.19. The van der Waals surface area contributed by atoms with Gasteiger partial charge in [-0.05, 0) is 55.0 Å². The number of benzene rings is 2. The molecule has 1 aromatic heterocycles. The number of hydrogen-bond acceptors (Lipinski definition) is 7. The van der Waals surface area contributed by atoms with Crippen molar-refractivity contribution < 1.29 is 22.5 Å². The Kier molecular flexibility index (Phi) is 7.23. The Balaban J connectivity index is 1.41. The molecule has 2 heterocycles. The molecule has 1 amide bonds. The van der Waals surface area contributed by atoms with Crippen molar-refractivity contribution in [2.75, 3.05) is 43.5 Å². The quantitative estimate of drug-likeness (QED) is 0.533. The van der Waals surface area contributed by atoms with Crippen LogP contribution in [0.2, 0.25) is 0 Å². The lowest BCUT2D eigenvalue weighted by Gasteiger charge is -2.35. The van der Waals surface area contributed by atoms with Crippen LogP contribution >= 0.6 is 0 Å². The summed E-state index contributed by atoms with van der Waals surface area (Å²) in [4.78, 5) is 13.8. The SMILES string of the molecule is COc1ccc(N2CCN(S(=O)(=O)c3ccc(/C=C\c4onc(C)c4NC(C)=O)cc3)CC2)cc1. The second-order valence-electron chi connectivity index (χ2n) is 8.18. The predicted octanol–water partition coefficient (Wildman–Crippen LogP) is 3.63. The average Bonchev–Trinajstić information content (AvgIpc) is 3.21. The first-order valence-electron chi connectivity index (χ1n) is 11.2. The van der Waals surface area contributed by atoms with Crippen LogP contribution in [0.15, 0.2) is 57.9 Å². The third-order valence-electron chi connectivity index (χ3n) is 5.81. The third-order valence-corrected chi connectivity index (χ3v) is 7.72. The van der Waals surface area contributed by atoms with Crippen molar-refractivity contribution in [1.29, 1.82) is 0 Å². The molecule has 0 atom stereocenters. The number of piperazine rings is 1. The molecule has 35 heavy (non-hydrogen) atoms. The summed E-state index contributed by atoms with van der Waals surface area (Å²) in [6, 6.07) is 14.4. The van der Waals surface area contributed by atoms with Gasteiger partial charge in [-0.1, -0.05) is 23.4 Å². The van der Waals surface area contributed by atoms with Crippen LogP contribution in [0.5, 0.6) is 5.75 Å². The molecular formula is C25H28N4O5S. The van der Waals surface area contributed by atoms with Crippen LogP contribution in [0.4, 0.5) is 11.4 Å². The maximum atomic E-state index is 13.2. The van der Waals surface area contributed by atoms with E-state index in [1.54, 1.807) is 50.5 Å². The van der Waals surface area contributed by atoms with Gasteiger partial charge in [-0.15, -0.1) is 0 Å². The highest BCUT2D eigenvalue weighted by Crippen LogP contribution is 2.25. The van der Waals surface area contributed by atoms with E-state index >= 15 is 0 Å². The second kappa shape index (κ2) is 10.3. The molecule has 1 fully saturated rings. The fraction of sp³-hybridized carbons (Fsp3) is 0.280. The molecule has 1 N–H and O–H groups in total. The van der Waals surface area contributed by atoms with E-state index in [0.717, 1.165) is 17.0 Å². The zero-order valence-corrected chi connectivity index (χ0v) is 20.7. The summed E-state index contributed by atoms with van der Waals surface area (Å²) in [5, 5.41) is 6.58. The number of aryl methyl sites for hydroxylation is 1. The zero-order chi connectivity index (χ0) is 25.0. The van der Waals surface area contributed by atoms with E-state index in [-0.39, 0.29) is 10.8 Å². The second-order valence-corrected chi connectivity index (χ2v) is 10.1. The highest BCUT2D eigenvalue weighted by Gasteiger charge is 2.28. The standard InChI is InChI=1S/C25H28N4O5S/c1-18-25(26-19(2)30)24(34-27-18)13-6-20-4-11-23(12-5-20)35(31,32)29-16-14-28(15-17-29)21-7-9-22(33-3)10-8-21/h4-13H,14-17H2,1-3H3,(H,26,30)/b13-6-. The van der Waals surface area contributed by atoms with Crippen molar-refractivity contribution in [2.24, 2.45) is 0 Å². The molecule has 0 spiro atoms. The summed E-state index contributed by atoms with van der Waals surface area (Å²) in [5.41, 5.74) is 2.92. The first kappa shape index (κ1) is 24.5. The highest BCUT2D eigenvalue weighted by atomic mass is 32.2. The topological polar surface area (TPSA) is 105 Å². The minimum absolute atomic E-state index is 0.217. The van der Waals surface area contributed by atoms with Crippen molar-refractivity contribution in [1.82, 2.24) is 9.46 Å². The van der Waals surface area contributed by atoms with E-state index < -0.39 is 10.0 Å². The molecule has 2 aromatic carbocycles. The van der Waals surface area contributed by atoms with Gasteiger partial charge < -0.3 is 19.5 Å². The van der Waals surface area contributed by atoms with Gasteiger partial charge in [0.2, 0.25) is 15.9 Å². The fourth-order valence-corrected chi connectivity index (χ4v) is 5.30. The van der Waals surface area contributed by atoms with E-state index in [1.165, 1.54) is 11.2 Å². The zero-order valence-electron chi connectivity index (χ0n) is 19.9. The van der Waals surface area contributed by atoms with Gasteiger partial charge in [0.15, 0.2) is 5.76 Å². The van der Waals surface area contributed by atoms with Crippen molar-refractivity contribution >= 4 is 39.5 Å². The van der Waals surface area contributed by atoms with Gasteiger partial charge in [0.25, 0.3) is 0 Å². The molecule has 0 bridgehead atoms. The Morgan fingerprint density at radius 2 is 1.69 bits per heavy atom. The van der Waals surface area contributed by atoms with E-state index in [0.29, 0.717) is 43.3 Å². The van der Waals surface area contributed by atoms with Crippen LogP contribution in [-0.4, -0.2) is 57.1 Å². The molecule has 10 heteroatoms. The molecule has 184 valence electrons. The number of methoxy groups -OCH3 is 1. The minimum atomic E-state index is -3.59. The number of nitrogens with one attached hydrogen (secondary N) is 1. The average molecular weight is 497 g/mol. The number of nitrogens with zero attached hydrogens (tertiary/aromatic N) is 3. The molecule has 0 radical (unpaired) electrons. The van der Waals surface area contributed by atoms with Gasteiger partial charge >= 0.3 is 0 Å². The maximum Gasteiger partial charge on any atom is 0.243 e. The minimum Gasteiger partial charge on any atom is -0.497 e. The summed E-state index contributed by atoms with van der Waals surface area (Å²) >= 11 is 0. The summed E-state index contributed by atoms with van der Waals surface area (Å²) < 4.78 is 38.3. The van der Waals surface area contributed by atoms with Crippen molar-refractivity contribution in [3.63, 3.8) is 0 Å². The maximum absolute atomic E-state index is 13.2. The summed E-state index contributed by atoms with van der Waals surface area (Å²) in [6.07, 6.45) is 3.46. The van der Waals surface area contributed by atoms with Gasteiger partial charge in [0.05, 0.1) is 12.0 Å². The molecule has 0 saturated carbocycles. The van der Waals surface area contributed by atoms with Crippen molar-refractivity contribution in [2.45, 2.75) is 18.7 Å². The normalized spacial score (nSPS) is 14.9. The molecule has 9 nitrogen and oxygen atoms in total. The predicted molar refractivity (Wildman–Crippen MR) is 135 cm³/mol. The lowest BCUT2D eigenvalue weighted by Crippen LogP contribution is -2.48. The Hall–Kier alpha value is -3.63. The number of amides is 1. The van der Waals surface area contributed by atoms with Crippen molar-refractivity contribution in [3.8, 4) is 5.75 Å². The molecule has 3 aromatic rings. The third kappa shape index (κ3) is 5.55. The van der Waals surface area contributed by atoms with E-state index in [9.17, 15) is 13.2 Å². The largest absolute Gasteiger partial charge is 0.497 e. The van der Waals surface area contributed by atoms with Crippen LogP contribution in [0, 0.1) is 6.92 Å². The van der Waals surface area contributed by atoms with Gasteiger partial charge in [-0.25, -0.2) is 8.42 Å². The monoisotopic (exact) mass is 496 g/mol. The number of anilines is 2. The highest BCUT2D eigenvalue weighted by molar-refractivity contribution is 7.89. The Morgan fingerprint density at radius 1 is 1.03 bits per heavy atom. The van der Waals surface area contributed by atoms with Crippen LogP contribution in [0.25, 0.3) is 12.2 Å². The number of rotatable bonds is 7. The molecule has 1 aliphatic rings. The summed E-state index contributed by atoms with van der Waals surface area (Å²) in [7, 11) is -1.96. The molecule has 0 unspecified atom stereocenters. The Labute approximate surface area is 205 Å². The van der Waals surface area contributed by atoms with E-state index in [1.807, 2.05) is 24.3 Å². The van der Waals surface area contributed by atoms with Crippen LogP contribution in [-0.2, 0) is 14.8 Å². The number of sulfonamides is 1. The fourth-order valence-electron chi connectivity index (χ4n) is 3.88. The lowest BCUT2D eigenvalue weighted by atomic mass is 10.2. The number of aromatic nitrogens is 1. The van der Waals surface area contributed by atoms with Gasteiger partial charge in [0.1, 0.15) is 17.1 Å². The molecular weight excluding hydrogens is 468 g/mol. The van der Waals surface area contributed by atoms with Gasteiger partial charge in [-0.2, -0.15) is 4.31 Å². The first-order chi connectivity index (χ1) is 16.8. The summed E-state index contributed by atoms with van der Waals surface area (Å²) in [5.74, 6) is 0.992. The Morgan fingerprint density at radius 3 is 2.29 bits per heavy atom. The molecule has 4 rings (SSSR count). The molecule has 0 aliphatic carbocycles.